The van der Waals surface area contributed by atoms with E-state index in [-0.39, 0.29) is 17.9 Å². The molecule has 8 heteroatoms. The van der Waals surface area contributed by atoms with Crippen molar-refractivity contribution >= 4 is 46.4 Å². The van der Waals surface area contributed by atoms with Crippen molar-refractivity contribution in [1.82, 2.24) is 4.90 Å². The number of halogens is 2. The Morgan fingerprint density at radius 3 is 2.80 bits per heavy atom. The molecule has 2 N–H and O–H groups in total. The first-order valence-electron chi connectivity index (χ1n) is 9.97. The van der Waals surface area contributed by atoms with Crippen molar-refractivity contribution in [3.8, 4) is 5.75 Å². The van der Waals surface area contributed by atoms with Gasteiger partial charge in [-0.25, -0.2) is 0 Å². The molecule has 0 aliphatic carbocycles. The van der Waals surface area contributed by atoms with Crippen LogP contribution in [0.25, 0.3) is 0 Å². The standard InChI is InChI=1S/C22H21Cl2N3O3/c1-30-19-7-5-13(24)10-18(19)25-20(28)16-11-14-3-2-8-27(14)22(16)15-9-12(23)4-6-17(15)26-21(22)29/h4-7,9-10,14,16H,2-3,8,11H2,1H3,(H,25,28)(H,26,29)/t14-,16+,22-/m0/s1. The van der Waals surface area contributed by atoms with Gasteiger partial charge < -0.3 is 15.4 Å². The predicted molar refractivity (Wildman–Crippen MR) is 116 cm³/mol. The van der Waals surface area contributed by atoms with Gasteiger partial charge in [0, 0.05) is 27.3 Å². The summed E-state index contributed by atoms with van der Waals surface area (Å²) in [5.74, 6) is -0.443. The highest BCUT2D eigenvalue weighted by Gasteiger charge is 2.65. The van der Waals surface area contributed by atoms with E-state index in [1.54, 1.807) is 24.3 Å². The molecule has 3 aliphatic heterocycles. The van der Waals surface area contributed by atoms with Crippen molar-refractivity contribution in [2.24, 2.45) is 5.92 Å². The fraction of sp³-hybridized carbons (Fsp3) is 0.364. The molecule has 1 spiro atoms. The van der Waals surface area contributed by atoms with E-state index in [2.05, 4.69) is 15.5 Å². The zero-order valence-electron chi connectivity index (χ0n) is 16.4. The van der Waals surface area contributed by atoms with E-state index in [9.17, 15) is 9.59 Å². The molecular weight excluding hydrogens is 425 g/mol. The number of nitrogens with zero attached hydrogens (tertiary/aromatic N) is 1. The lowest BCUT2D eigenvalue weighted by Crippen LogP contribution is -2.53. The van der Waals surface area contributed by atoms with Crippen LogP contribution in [0.4, 0.5) is 11.4 Å². The topological polar surface area (TPSA) is 70.7 Å². The van der Waals surface area contributed by atoms with Gasteiger partial charge in [-0.15, -0.1) is 0 Å². The Balaban J connectivity index is 1.59. The smallest absolute Gasteiger partial charge is 0.250 e. The molecule has 3 aliphatic rings. The Morgan fingerprint density at radius 1 is 1.23 bits per heavy atom. The number of amides is 2. The maximum absolute atomic E-state index is 13.6. The van der Waals surface area contributed by atoms with Crippen molar-refractivity contribution in [3.05, 3.63) is 52.0 Å². The summed E-state index contributed by atoms with van der Waals surface area (Å²) in [6, 6.07) is 10.6. The molecule has 2 saturated heterocycles. The van der Waals surface area contributed by atoms with Crippen LogP contribution < -0.4 is 15.4 Å². The van der Waals surface area contributed by atoms with E-state index >= 15 is 0 Å². The summed E-state index contributed by atoms with van der Waals surface area (Å²) < 4.78 is 5.37. The van der Waals surface area contributed by atoms with Crippen LogP contribution in [-0.2, 0) is 15.1 Å². The molecule has 0 radical (unpaired) electrons. The maximum Gasteiger partial charge on any atom is 0.250 e. The van der Waals surface area contributed by atoms with Gasteiger partial charge in [0.05, 0.1) is 18.7 Å². The number of carbonyl (C=O) groups excluding carboxylic acids is 2. The molecule has 0 aromatic heterocycles. The van der Waals surface area contributed by atoms with E-state index in [0.717, 1.165) is 30.6 Å². The molecule has 0 bridgehead atoms. The van der Waals surface area contributed by atoms with Crippen LogP contribution in [0, 0.1) is 5.92 Å². The highest BCUT2D eigenvalue weighted by molar-refractivity contribution is 6.31. The van der Waals surface area contributed by atoms with Crippen molar-refractivity contribution < 1.29 is 14.3 Å². The van der Waals surface area contributed by atoms with E-state index in [1.165, 1.54) is 7.11 Å². The summed E-state index contributed by atoms with van der Waals surface area (Å²) in [7, 11) is 1.54. The number of fused-ring (bicyclic) bond motifs is 4. The van der Waals surface area contributed by atoms with Crippen LogP contribution in [0.3, 0.4) is 0 Å². The second-order valence-corrected chi connectivity index (χ2v) is 8.89. The monoisotopic (exact) mass is 445 g/mol. The van der Waals surface area contributed by atoms with E-state index in [0.29, 0.717) is 27.9 Å². The van der Waals surface area contributed by atoms with Crippen LogP contribution >= 0.6 is 23.2 Å². The van der Waals surface area contributed by atoms with E-state index in [4.69, 9.17) is 27.9 Å². The number of nitrogens with one attached hydrogen (secondary N) is 2. The number of rotatable bonds is 3. The number of methoxy groups -OCH3 is 1. The van der Waals surface area contributed by atoms with Crippen LogP contribution in [0.1, 0.15) is 24.8 Å². The van der Waals surface area contributed by atoms with Crippen molar-refractivity contribution in [1.29, 1.82) is 0 Å². The van der Waals surface area contributed by atoms with Gasteiger partial charge in [0.25, 0.3) is 0 Å². The Bertz CT molecular complexity index is 1060. The van der Waals surface area contributed by atoms with Gasteiger partial charge >= 0.3 is 0 Å². The third-order valence-electron chi connectivity index (χ3n) is 6.56. The number of hydrogen-bond acceptors (Lipinski definition) is 4. The Kier molecular flexibility index (Phi) is 4.69. The minimum atomic E-state index is -1.06. The summed E-state index contributed by atoms with van der Waals surface area (Å²) in [6.07, 6.45) is 2.58. The molecule has 2 amide bonds. The van der Waals surface area contributed by atoms with Crippen LogP contribution in [0.2, 0.25) is 10.0 Å². The van der Waals surface area contributed by atoms with Gasteiger partial charge in [-0.2, -0.15) is 0 Å². The first-order chi connectivity index (χ1) is 14.4. The van der Waals surface area contributed by atoms with Gasteiger partial charge in [0.2, 0.25) is 11.8 Å². The average molecular weight is 446 g/mol. The average Bonchev–Trinajstić information content (AvgIpc) is 3.37. The van der Waals surface area contributed by atoms with E-state index < -0.39 is 11.5 Å². The van der Waals surface area contributed by atoms with Crippen LogP contribution in [-0.4, -0.2) is 36.4 Å². The van der Waals surface area contributed by atoms with Gasteiger partial charge in [0.15, 0.2) is 0 Å². The van der Waals surface area contributed by atoms with Crippen molar-refractivity contribution in [3.63, 3.8) is 0 Å². The highest BCUT2D eigenvalue weighted by Crippen LogP contribution is 2.56. The molecule has 2 aromatic rings. The lowest BCUT2D eigenvalue weighted by molar-refractivity contribution is -0.135. The second-order valence-electron chi connectivity index (χ2n) is 8.02. The summed E-state index contributed by atoms with van der Waals surface area (Å²) in [6.45, 7) is 0.772. The van der Waals surface area contributed by atoms with E-state index in [1.807, 2.05) is 12.1 Å². The number of ether oxygens (including phenoxy) is 1. The second kappa shape index (κ2) is 7.15. The third-order valence-corrected chi connectivity index (χ3v) is 7.03. The molecule has 5 rings (SSSR count). The molecule has 3 heterocycles. The lowest BCUT2D eigenvalue weighted by Gasteiger charge is -2.36. The quantitative estimate of drug-likeness (QED) is 0.739. The zero-order valence-corrected chi connectivity index (χ0v) is 17.9. The fourth-order valence-electron chi connectivity index (χ4n) is 5.39. The molecule has 2 aromatic carbocycles. The molecular formula is C22H21Cl2N3O3. The normalized spacial score (nSPS) is 27.1. The largest absolute Gasteiger partial charge is 0.495 e. The molecule has 3 atom stereocenters. The Morgan fingerprint density at radius 2 is 2.00 bits per heavy atom. The van der Waals surface area contributed by atoms with Gasteiger partial charge in [0.1, 0.15) is 11.3 Å². The molecule has 2 fully saturated rings. The molecule has 156 valence electrons. The fourth-order valence-corrected chi connectivity index (χ4v) is 5.74. The molecule has 0 unspecified atom stereocenters. The first kappa shape index (κ1) is 19.7. The highest BCUT2D eigenvalue weighted by atomic mass is 35.5. The summed E-state index contributed by atoms with van der Waals surface area (Å²) in [5.41, 5.74) is 0.928. The number of carbonyl (C=O) groups is 2. The maximum atomic E-state index is 13.6. The number of benzene rings is 2. The van der Waals surface area contributed by atoms with Gasteiger partial charge in [-0.1, -0.05) is 23.2 Å². The van der Waals surface area contributed by atoms with Crippen molar-refractivity contribution in [2.45, 2.75) is 30.8 Å². The Hall–Kier alpha value is -2.28. The Labute approximate surface area is 184 Å². The van der Waals surface area contributed by atoms with Gasteiger partial charge in [-0.3, -0.25) is 14.5 Å². The lowest BCUT2D eigenvalue weighted by atomic mass is 9.78. The van der Waals surface area contributed by atoms with Crippen LogP contribution in [0.5, 0.6) is 5.75 Å². The minimum absolute atomic E-state index is 0.164. The number of hydrogen-bond donors (Lipinski definition) is 2. The summed E-state index contributed by atoms with van der Waals surface area (Å²) in [4.78, 5) is 29.2. The number of anilines is 2. The molecule has 6 nitrogen and oxygen atoms in total. The zero-order chi connectivity index (χ0) is 21.0. The SMILES string of the molecule is COc1ccc(Cl)cc1NC(=O)[C@H]1C[C@@H]2CCCN2[C@]12C(=O)Nc1ccc(Cl)cc12. The van der Waals surface area contributed by atoms with Gasteiger partial charge in [-0.05, 0) is 62.2 Å². The molecule has 0 saturated carbocycles. The van der Waals surface area contributed by atoms with Crippen LogP contribution in [0.15, 0.2) is 36.4 Å². The predicted octanol–water partition coefficient (Wildman–Crippen LogP) is 4.27. The van der Waals surface area contributed by atoms with Crippen molar-refractivity contribution in [2.75, 3.05) is 24.3 Å². The third kappa shape index (κ3) is 2.74. The molecule has 30 heavy (non-hydrogen) atoms. The minimum Gasteiger partial charge on any atom is -0.495 e. The first-order valence-corrected chi connectivity index (χ1v) is 10.7. The summed E-state index contributed by atoms with van der Waals surface area (Å²) in [5, 5.41) is 6.98. The summed E-state index contributed by atoms with van der Waals surface area (Å²) >= 11 is 12.4.